The first-order valence-electron chi connectivity index (χ1n) is 8.00. The van der Waals surface area contributed by atoms with Crippen molar-refractivity contribution in [3.63, 3.8) is 0 Å². The van der Waals surface area contributed by atoms with Crippen molar-refractivity contribution in [2.24, 2.45) is 5.92 Å². The number of hydrogen-bond donors (Lipinski definition) is 0. The highest BCUT2D eigenvalue weighted by atomic mass is 35.5. The first-order chi connectivity index (χ1) is 12.6. The maximum atomic E-state index is 13.3. The van der Waals surface area contributed by atoms with Crippen LogP contribution in [-0.4, -0.2) is 32.9 Å². The first kappa shape index (κ1) is 17.9. The number of fused-ring (bicyclic) bond motifs is 1. The van der Waals surface area contributed by atoms with Crippen LogP contribution in [0.5, 0.6) is 0 Å². The van der Waals surface area contributed by atoms with Crippen LogP contribution in [0.4, 0.5) is 20.2 Å². The molecular formula is C17H13ClF2N4O2S. The number of rotatable bonds is 3. The SMILES string of the molecule is CN1c2cc(-c3nc(Cl)ccc3C#N)ccc2N(CC2CC2(F)F)S1(=O)=O. The Morgan fingerprint density at radius 1 is 1.33 bits per heavy atom. The Morgan fingerprint density at radius 2 is 2.04 bits per heavy atom. The molecule has 1 aliphatic heterocycles. The maximum Gasteiger partial charge on any atom is 0.326 e. The molecule has 1 unspecified atom stereocenters. The Bertz CT molecular complexity index is 1100. The molecule has 1 saturated carbocycles. The number of nitrogens with zero attached hydrogens (tertiary/aromatic N) is 4. The molecule has 27 heavy (non-hydrogen) atoms. The molecule has 1 fully saturated rings. The zero-order valence-electron chi connectivity index (χ0n) is 14.0. The second-order valence-corrected chi connectivity index (χ2v) is 8.79. The van der Waals surface area contributed by atoms with Crippen molar-refractivity contribution in [3.05, 3.63) is 41.0 Å². The van der Waals surface area contributed by atoms with E-state index in [1.165, 1.54) is 25.2 Å². The van der Waals surface area contributed by atoms with E-state index < -0.39 is 22.0 Å². The van der Waals surface area contributed by atoms with Gasteiger partial charge < -0.3 is 0 Å². The molecule has 2 aliphatic rings. The van der Waals surface area contributed by atoms with Crippen LogP contribution in [0.25, 0.3) is 11.3 Å². The van der Waals surface area contributed by atoms with E-state index in [-0.39, 0.29) is 23.7 Å². The number of hydrogen-bond acceptors (Lipinski definition) is 4. The Balaban J connectivity index is 1.78. The summed E-state index contributed by atoms with van der Waals surface area (Å²) in [4.78, 5) is 4.16. The number of benzene rings is 1. The molecule has 0 bridgehead atoms. The molecule has 10 heteroatoms. The molecule has 140 valence electrons. The fraction of sp³-hybridized carbons (Fsp3) is 0.294. The van der Waals surface area contributed by atoms with Gasteiger partial charge in [-0.3, -0.25) is 8.61 Å². The van der Waals surface area contributed by atoms with Crippen LogP contribution in [-0.2, 0) is 10.2 Å². The zero-order valence-corrected chi connectivity index (χ0v) is 15.6. The second-order valence-electron chi connectivity index (χ2n) is 6.51. The molecule has 1 atom stereocenters. The quantitative estimate of drug-likeness (QED) is 0.726. The first-order valence-corrected chi connectivity index (χ1v) is 9.78. The van der Waals surface area contributed by atoms with E-state index in [9.17, 15) is 22.5 Å². The molecule has 2 aromatic rings. The van der Waals surface area contributed by atoms with Crippen LogP contribution in [0.15, 0.2) is 30.3 Å². The Morgan fingerprint density at radius 3 is 2.67 bits per heavy atom. The van der Waals surface area contributed by atoms with Gasteiger partial charge in [0.05, 0.1) is 22.6 Å². The molecule has 0 saturated heterocycles. The van der Waals surface area contributed by atoms with E-state index in [0.29, 0.717) is 22.6 Å². The van der Waals surface area contributed by atoms with Crippen LogP contribution in [0.3, 0.4) is 0 Å². The normalized spacial score (nSPS) is 21.7. The van der Waals surface area contributed by atoms with E-state index in [2.05, 4.69) is 4.98 Å². The smallest absolute Gasteiger partial charge is 0.254 e. The number of halogens is 3. The molecular weight excluding hydrogens is 398 g/mol. The maximum absolute atomic E-state index is 13.3. The van der Waals surface area contributed by atoms with Crippen LogP contribution < -0.4 is 8.61 Å². The largest absolute Gasteiger partial charge is 0.326 e. The average molecular weight is 411 g/mol. The predicted molar refractivity (Wildman–Crippen MR) is 97.1 cm³/mol. The van der Waals surface area contributed by atoms with Gasteiger partial charge in [-0.15, -0.1) is 0 Å². The van der Waals surface area contributed by atoms with Gasteiger partial charge in [-0.2, -0.15) is 13.7 Å². The minimum absolute atomic E-state index is 0.197. The standard InChI is InChI=1S/C17H13ClF2N4O2S/c1-23-14-6-10(16-11(8-21)3-5-15(18)22-16)2-4-13(14)24(27(23,25)26)9-12-7-17(12,19)20/h2-6,12H,7,9H2,1H3. The molecule has 1 aliphatic carbocycles. The lowest BCUT2D eigenvalue weighted by Gasteiger charge is -2.18. The van der Waals surface area contributed by atoms with Crippen LogP contribution in [0.2, 0.25) is 5.15 Å². The van der Waals surface area contributed by atoms with Crippen LogP contribution in [0, 0.1) is 17.2 Å². The molecule has 0 amide bonds. The summed E-state index contributed by atoms with van der Waals surface area (Å²) in [5.41, 5.74) is 1.78. The van der Waals surface area contributed by atoms with E-state index in [0.717, 1.165) is 8.61 Å². The Kier molecular flexibility index (Phi) is 3.84. The van der Waals surface area contributed by atoms with Gasteiger partial charge in [-0.1, -0.05) is 17.7 Å². The van der Waals surface area contributed by atoms with E-state index in [1.54, 1.807) is 12.1 Å². The topological polar surface area (TPSA) is 77.3 Å². The number of pyridine rings is 1. The lowest BCUT2D eigenvalue weighted by Crippen LogP contribution is -2.37. The monoisotopic (exact) mass is 410 g/mol. The Labute approximate surface area is 159 Å². The summed E-state index contributed by atoms with van der Waals surface area (Å²) < 4.78 is 54.0. The fourth-order valence-electron chi connectivity index (χ4n) is 3.14. The lowest BCUT2D eigenvalue weighted by atomic mass is 10.0. The van der Waals surface area contributed by atoms with Crippen molar-refractivity contribution < 1.29 is 17.2 Å². The summed E-state index contributed by atoms with van der Waals surface area (Å²) in [5.74, 6) is -3.80. The minimum atomic E-state index is -3.93. The summed E-state index contributed by atoms with van der Waals surface area (Å²) in [7, 11) is -2.57. The number of anilines is 2. The van der Waals surface area contributed by atoms with Crippen LogP contribution in [0.1, 0.15) is 12.0 Å². The van der Waals surface area contributed by atoms with E-state index >= 15 is 0 Å². The molecule has 0 N–H and O–H groups in total. The summed E-state index contributed by atoms with van der Waals surface area (Å²) >= 11 is 5.92. The molecule has 4 rings (SSSR count). The minimum Gasteiger partial charge on any atom is -0.254 e. The molecule has 1 aromatic heterocycles. The highest BCUT2D eigenvalue weighted by Gasteiger charge is 2.59. The second kappa shape index (κ2) is 5.78. The third-order valence-corrected chi connectivity index (χ3v) is 6.81. The summed E-state index contributed by atoms with van der Waals surface area (Å²) in [6.07, 6.45) is -0.311. The van der Waals surface area contributed by atoms with Crippen LogP contribution >= 0.6 is 11.6 Å². The van der Waals surface area contributed by atoms with Crippen molar-refractivity contribution in [3.8, 4) is 17.3 Å². The van der Waals surface area contributed by atoms with Crippen molar-refractivity contribution in [2.75, 3.05) is 22.2 Å². The third-order valence-electron chi connectivity index (χ3n) is 4.81. The van der Waals surface area contributed by atoms with Crippen molar-refractivity contribution in [1.82, 2.24) is 4.98 Å². The predicted octanol–water partition coefficient (Wildman–Crippen LogP) is 3.43. The van der Waals surface area contributed by atoms with Crippen molar-refractivity contribution >= 4 is 33.2 Å². The van der Waals surface area contributed by atoms with Gasteiger partial charge in [0, 0.05) is 31.5 Å². The van der Waals surface area contributed by atoms with Crippen molar-refractivity contribution in [2.45, 2.75) is 12.3 Å². The highest BCUT2D eigenvalue weighted by Crippen LogP contribution is 2.51. The lowest BCUT2D eigenvalue weighted by molar-refractivity contribution is 0.101. The van der Waals surface area contributed by atoms with Gasteiger partial charge in [0.25, 0.3) is 5.92 Å². The van der Waals surface area contributed by atoms with Gasteiger partial charge in [0.1, 0.15) is 11.2 Å². The van der Waals surface area contributed by atoms with E-state index in [4.69, 9.17) is 11.6 Å². The Hall–Kier alpha value is -2.44. The summed E-state index contributed by atoms with van der Waals surface area (Å²) in [6, 6.07) is 9.75. The summed E-state index contributed by atoms with van der Waals surface area (Å²) in [6.45, 7) is -0.273. The molecule has 2 heterocycles. The summed E-state index contributed by atoms with van der Waals surface area (Å²) in [5, 5.41) is 9.48. The average Bonchev–Trinajstić information content (AvgIpc) is 3.19. The van der Waals surface area contributed by atoms with Gasteiger partial charge in [-0.05, 0) is 24.3 Å². The van der Waals surface area contributed by atoms with Crippen molar-refractivity contribution in [1.29, 1.82) is 5.26 Å². The highest BCUT2D eigenvalue weighted by molar-refractivity contribution is 7.94. The van der Waals surface area contributed by atoms with E-state index in [1.807, 2.05) is 6.07 Å². The number of alkyl halides is 2. The molecule has 0 spiro atoms. The molecule has 6 nitrogen and oxygen atoms in total. The zero-order chi connectivity index (χ0) is 19.6. The number of nitriles is 1. The van der Waals surface area contributed by atoms with Gasteiger partial charge >= 0.3 is 10.2 Å². The fourth-order valence-corrected chi connectivity index (χ4v) is 4.75. The molecule has 0 radical (unpaired) electrons. The van der Waals surface area contributed by atoms with Gasteiger partial charge in [-0.25, -0.2) is 13.8 Å². The number of aromatic nitrogens is 1. The van der Waals surface area contributed by atoms with Gasteiger partial charge in [0.15, 0.2) is 0 Å². The molecule has 1 aromatic carbocycles. The van der Waals surface area contributed by atoms with Gasteiger partial charge in [0.2, 0.25) is 0 Å². The third kappa shape index (κ3) is 2.80.